The van der Waals surface area contributed by atoms with Gasteiger partial charge in [0.15, 0.2) is 0 Å². The molecule has 1 saturated carbocycles. The smallest absolute Gasteiger partial charge is 0.218 e. The summed E-state index contributed by atoms with van der Waals surface area (Å²) in [5.41, 5.74) is 7.29. The van der Waals surface area contributed by atoms with E-state index in [1.807, 2.05) is 6.07 Å². The van der Waals surface area contributed by atoms with Crippen LogP contribution in [-0.4, -0.2) is 18.2 Å². The molecule has 0 unspecified atom stereocenters. The van der Waals surface area contributed by atoms with Crippen molar-refractivity contribution in [2.24, 2.45) is 0 Å². The predicted octanol–water partition coefficient (Wildman–Crippen LogP) is 2.52. The van der Waals surface area contributed by atoms with Gasteiger partial charge in [0.05, 0.1) is 31.7 Å². The predicted molar refractivity (Wildman–Crippen MR) is 66.9 cm³/mol. The maximum absolute atomic E-state index is 5.89. The van der Waals surface area contributed by atoms with Crippen LogP contribution in [0.15, 0.2) is 12.3 Å². The van der Waals surface area contributed by atoms with Crippen LogP contribution in [0.1, 0.15) is 37.7 Å². The van der Waals surface area contributed by atoms with Gasteiger partial charge in [-0.25, -0.2) is 4.98 Å². The summed E-state index contributed by atoms with van der Waals surface area (Å²) >= 11 is 0. The van der Waals surface area contributed by atoms with Crippen molar-refractivity contribution in [1.29, 1.82) is 0 Å². The van der Waals surface area contributed by atoms with E-state index >= 15 is 0 Å². The number of pyridine rings is 1. The van der Waals surface area contributed by atoms with E-state index in [4.69, 9.17) is 15.2 Å². The van der Waals surface area contributed by atoms with Crippen molar-refractivity contribution in [3.05, 3.63) is 17.8 Å². The van der Waals surface area contributed by atoms with Gasteiger partial charge in [0.2, 0.25) is 5.88 Å². The largest absolute Gasteiger partial charge is 0.481 e. The molecule has 4 heteroatoms. The number of nitrogens with two attached hydrogens (primary N) is 1. The molecule has 1 aromatic heterocycles. The van der Waals surface area contributed by atoms with Crippen molar-refractivity contribution in [1.82, 2.24) is 4.98 Å². The fourth-order valence-electron chi connectivity index (χ4n) is 2.24. The van der Waals surface area contributed by atoms with Crippen molar-refractivity contribution < 1.29 is 9.47 Å². The fraction of sp³-hybridized carbons (Fsp3) is 0.615. The van der Waals surface area contributed by atoms with Crippen LogP contribution in [-0.2, 0) is 11.3 Å². The van der Waals surface area contributed by atoms with Crippen LogP contribution >= 0.6 is 0 Å². The van der Waals surface area contributed by atoms with Gasteiger partial charge < -0.3 is 15.2 Å². The van der Waals surface area contributed by atoms with Crippen molar-refractivity contribution in [2.45, 2.75) is 44.8 Å². The molecule has 2 rings (SSSR count). The Hall–Kier alpha value is -1.29. The second kappa shape index (κ2) is 5.87. The Balaban J connectivity index is 1.95. The van der Waals surface area contributed by atoms with E-state index < -0.39 is 0 Å². The minimum absolute atomic E-state index is 0.384. The van der Waals surface area contributed by atoms with Gasteiger partial charge in [-0.3, -0.25) is 0 Å². The third kappa shape index (κ3) is 3.33. The number of hydrogen-bond acceptors (Lipinski definition) is 4. The first-order chi connectivity index (χ1) is 8.29. The van der Waals surface area contributed by atoms with E-state index in [9.17, 15) is 0 Å². The molecule has 1 heterocycles. The van der Waals surface area contributed by atoms with Gasteiger partial charge in [0.25, 0.3) is 0 Å². The summed E-state index contributed by atoms with van der Waals surface area (Å²) in [4.78, 5) is 4.13. The normalized spacial score (nSPS) is 17.0. The summed E-state index contributed by atoms with van der Waals surface area (Å²) in [6.07, 6.45) is 8.20. The number of aromatic nitrogens is 1. The van der Waals surface area contributed by atoms with Gasteiger partial charge in [0, 0.05) is 5.56 Å². The highest BCUT2D eigenvalue weighted by molar-refractivity contribution is 5.42. The number of hydrogen-bond donors (Lipinski definition) is 1. The lowest BCUT2D eigenvalue weighted by Gasteiger charge is -2.22. The van der Waals surface area contributed by atoms with Crippen LogP contribution in [0, 0.1) is 0 Å². The molecule has 0 bridgehead atoms. The highest BCUT2D eigenvalue weighted by Crippen LogP contribution is 2.24. The van der Waals surface area contributed by atoms with E-state index in [0.717, 1.165) is 18.4 Å². The number of rotatable bonds is 4. The number of nitrogen functional groups attached to an aromatic ring is 1. The molecule has 1 fully saturated rings. The highest BCUT2D eigenvalue weighted by atomic mass is 16.5. The van der Waals surface area contributed by atoms with Gasteiger partial charge in [-0.2, -0.15) is 0 Å². The van der Waals surface area contributed by atoms with E-state index in [-0.39, 0.29) is 0 Å². The Morgan fingerprint density at radius 2 is 2.12 bits per heavy atom. The first-order valence-corrected chi connectivity index (χ1v) is 6.19. The molecular formula is C13H20N2O2. The van der Waals surface area contributed by atoms with E-state index in [0.29, 0.717) is 24.3 Å². The minimum atomic E-state index is 0.384. The maximum Gasteiger partial charge on any atom is 0.218 e. The number of ether oxygens (including phenoxy) is 2. The molecule has 0 amide bonds. The van der Waals surface area contributed by atoms with Gasteiger partial charge in [0.1, 0.15) is 0 Å². The zero-order chi connectivity index (χ0) is 12.1. The average molecular weight is 236 g/mol. The zero-order valence-electron chi connectivity index (χ0n) is 10.3. The molecule has 0 aliphatic heterocycles. The topological polar surface area (TPSA) is 57.4 Å². The second-order valence-electron chi connectivity index (χ2n) is 4.51. The van der Waals surface area contributed by atoms with Gasteiger partial charge in [-0.1, -0.05) is 19.3 Å². The molecule has 0 aromatic carbocycles. The van der Waals surface area contributed by atoms with Gasteiger partial charge in [-0.15, -0.1) is 0 Å². The third-order valence-corrected chi connectivity index (χ3v) is 3.17. The Bertz CT molecular complexity index is 362. The lowest BCUT2D eigenvalue weighted by Crippen LogP contribution is -2.16. The molecule has 0 atom stereocenters. The monoisotopic (exact) mass is 236 g/mol. The van der Waals surface area contributed by atoms with Gasteiger partial charge >= 0.3 is 0 Å². The summed E-state index contributed by atoms with van der Waals surface area (Å²) in [7, 11) is 1.61. The summed E-state index contributed by atoms with van der Waals surface area (Å²) in [5, 5.41) is 0. The number of anilines is 1. The van der Waals surface area contributed by atoms with Crippen LogP contribution in [0.4, 0.5) is 5.69 Å². The zero-order valence-corrected chi connectivity index (χ0v) is 10.3. The second-order valence-corrected chi connectivity index (χ2v) is 4.51. The first kappa shape index (κ1) is 12.2. The average Bonchev–Trinajstić information content (AvgIpc) is 2.38. The molecule has 17 heavy (non-hydrogen) atoms. The summed E-state index contributed by atoms with van der Waals surface area (Å²) in [6, 6.07) is 1.87. The summed E-state index contributed by atoms with van der Waals surface area (Å²) < 4.78 is 11.1. The maximum atomic E-state index is 5.89. The minimum Gasteiger partial charge on any atom is -0.481 e. The van der Waals surface area contributed by atoms with Gasteiger partial charge in [-0.05, 0) is 18.9 Å². The van der Waals surface area contributed by atoms with Crippen LogP contribution in [0.2, 0.25) is 0 Å². The molecule has 4 nitrogen and oxygen atoms in total. The molecule has 1 aliphatic carbocycles. The molecule has 2 N–H and O–H groups in total. The lowest BCUT2D eigenvalue weighted by molar-refractivity contribution is 0.0158. The fourth-order valence-corrected chi connectivity index (χ4v) is 2.24. The molecule has 0 saturated heterocycles. The quantitative estimate of drug-likeness (QED) is 0.872. The molecular weight excluding hydrogens is 216 g/mol. The molecule has 1 aromatic rings. The standard InChI is InChI=1S/C13H20N2O2/c1-16-13-10(7-11(14)8-15-13)9-17-12-5-3-2-4-6-12/h7-8,12H,2-6,9,14H2,1H3. The molecule has 0 radical (unpaired) electrons. The Morgan fingerprint density at radius 1 is 1.35 bits per heavy atom. The Labute approximate surface area is 102 Å². The van der Waals surface area contributed by atoms with Crippen LogP contribution in [0.3, 0.4) is 0 Å². The Kier molecular flexibility index (Phi) is 4.20. The SMILES string of the molecule is COc1ncc(N)cc1COC1CCCCC1. The van der Waals surface area contributed by atoms with E-state index in [1.54, 1.807) is 13.3 Å². The summed E-state index contributed by atoms with van der Waals surface area (Å²) in [6.45, 7) is 0.534. The molecule has 94 valence electrons. The van der Waals surface area contributed by atoms with E-state index in [2.05, 4.69) is 4.98 Å². The van der Waals surface area contributed by atoms with Crippen molar-refractivity contribution in [2.75, 3.05) is 12.8 Å². The molecule has 1 aliphatic rings. The third-order valence-electron chi connectivity index (χ3n) is 3.17. The Morgan fingerprint density at radius 3 is 2.82 bits per heavy atom. The van der Waals surface area contributed by atoms with Crippen molar-refractivity contribution >= 4 is 5.69 Å². The first-order valence-electron chi connectivity index (χ1n) is 6.19. The van der Waals surface area contributed by atoms with Crippen molar-refractivity contribution in [3.63, 3.8) is 0 Å². The van der Waals surface area contributed by atoms with Crippen LogP contribution in [0.5, 0.6) is 5.88 Å². The molecule has 0 spiro atoms. The number of methoxy groups -OCH3 is 1. The van der Waals surface area contributed by atoms with Crippen molar-refractivity contribution in [3.8, 4) is 5.88 Å². The number of nitrogens with zero attached hydrogens (tertiary/aromatic N) is 1. The van der Waals surface area contributed by atoms with Crippen LogP contribution < -0.4 is 10.5 Å². The van der Waals surface area contributed by atoms with E-state index in [1.165, 1.54) is 19.3 Å². The lowest BCUT2D eigenvalue weighted by atomic mass is 9.98. The summed E-state index contributed by atoms with van der Waals surface area (Å²) in [5.74, 6) is 0.606. The highest BCUT2D eigenvalue weighted by Gasteiger charge is 2.15. The van der Waals surface area contributed by atoms with Crippen LogP contribution in [0.25, 0.3) is 0 Å².